The Kier molecular flexibility index (Phi) is 9.34. The summed E-state index contributed by atoms with van der Waals surface area (Å²) < 4.78 is 5.26. The number of carbonyl (C=O) groups excluding carboxylic acids is 5. The summed E-state index contributed by atoms with van der Waals surface area (Å²) >= 11 is 0. The van der Waals surface area contributed by atoms with Crippen LogP contribution in [0, 0.1) is 0 Å². The van der Waals surface area contributed by atoms with Crippen LogP contribution in [0.4, 0.5) is 4.79 Å². The van der Waals surface area contributed by atoms with Gasteiger partial charge in [0.2, 0.25) is 23.6 Å². The van der Waals surface area contributed by atoms with Gasteiger partial charge in [0.25, 0.3) is 0 Å². The summed E-state index contributed by atoms with van der Waals surface area (Å²) in [6, 6.07) is 5.31. The number of benzene rings is 1. The molecule has 5 amide bonds. The Hall–Kier alpha value is -3.93. The van der Waals surface area contributed by atoms with Crippen LogP contribution >= 0.6 is 0 Å². The number of fused-ring (bicyclic) bond motifs is 1. The van der Waals surface area contributed by atoms with E-state index in [0.29, 0.717) is 0 Å². The number of rotatable bonds is 10. The molecule has 0 bridgehead atoms. The smallest absolute Gasteiger partial charge is 0.408 e. The predicted octanol–water partition coefficient (Wildman–Crippen LogP) is -0.0445. The van der Waals surface area contributed by atoms with Gasteiger partial charge in [-0.25, -0.2) is 4.79 Å². The van der Waals surface area contributed by atoms with Crippen LogP contribution in [0.15, 0.2) is 30.5 Å². The van der Waals surface area contributed by atoms with E-state index in [-0.39, 0.29) is 19.3 Å². The van der Waals surface area contributed by atoms with E-state index in [1.165, 1.54) is 0 Å². The first-order valence-electron chi connectivity index (χ1n) is 11.1. The average molecular weight is 489 g/mol. The summed E-state index contributed by atoms with van der Waals surface area (Å²) in [4.78, 5) is 63.2. The van der Waals surface area contributed by atoms with E-state index in [0.717, 1.165) is 16.5 Å². The molecule has 1 heterocycles. The van der Waals surface area contributed by atoms with Crippen molar-refractivity contribution in [3.63, 3.8) is 0 Å². The van der Waals surface area contributed by atoms with Crippen molar-refractivity contribution in [2.24, 2.45) is 11.5 Å². The van der Waals surface area contributed by atoms with Gasteiger partial charge in [0.05, 0.1) is 12.6 Å². The number of aromatic amines is 1. The fourth-order valence-electron chi connectivity index (χ4n) is 3.17. The average Bonchev–Trinajstić information content (AvgIpc) is 3.16. The Morgan fingerprint density at radius 2 is 1.77 bits per heavy atom. The lowest BCUT2D eigenvalue weighted by Crippen LogP contribution is -2.52. The zero-order chi connectivity index (χ0) is 26.2. The number of aromatic nitrogens is 1. The molecule has 0 fully saturated rings. The highest BCUT2D eigenvalue weighted by atomic mass is 16.6. The highest BCUT2D eigenvalue weighted by Gasteiger charge is 2.26. The number of amides is 5. The minimum atomic E-state index is -1.11. The molecule has 190 valence electrons. The minimum absolute atomic E-state index is 0.0205. The third-order valence-corrected chi connectivity index (χ3v) is 4.83. The van der Waals surface area contributed by atoms with Gasteiger partial charge >= 0.3 is 6.09 Å². The number of nitrogens with two attached hydrogens (primary N) is 2. The van der Waals surface area contributed by atoms with Crippen molar-refractivity contribution in [3.05, 3.63) is 36.0 Å². The molecule has 0 aliphatic carbocycles. The van der Waals surface area contributed by atoms with Crippen LogP contribution in [-0.2, 0) is 30.3 Å². The molecule has 35 heavy (non-hydrogen) atoms. The topological polar surface area (TPSA) is 198 Å². The normalized spacial score (nSPS) is 12.9. The maximum absolute atomic E-state index is 12.9. The fraction of sp³-hybridized carbons (Fsp3) is 0.435. The van der Waals surface area contributed by atoms with Gasteiger partial charge in [-0.3, -0.25) is 24.5 Å². The number of para-hydroxylation sites is 1. The van der Waals surface area contributed by atoms with Crippen LogP contribution < -0.4 is 27.4 Å². The molecule has 0 radical (unpaired) electrons. The maximum Gasteiger partial charge on any atom is 0.408 e. The fourth-order valence-corrected chi connectivity index (χ4v) is 3.17. The number of H-pyrrole nitrogens is 1. The lowest BCUT2D eigenvalue weighted by molar-refractivity contribution is -0.132. The zero-order valence-electron chi connectivity index (χ0n) is 20.0. The van der Waals surface area contributed by atoms with E-state index in [1.54, 1.807) is 27.0 Å². The van der Waals surface area contributed by atoms with Crippen LogP contribution in [0.5, 0.6) is 0 Å². The number of nitrogens with one attached hydrogen (secondary N) is 4. The van der Waals surface area contributed by atoms with Gasteiger partial charge in [0.15, 0.2) is 0 Å². The molecule has 1 aromatic heterocycles. The molecular formula is C23H32N6O6. The summed E-state index contributed by atoms with van der Waals surface area (Å²) in [5.41, 5.74) is 11.5. The lowest BCUT2D eigenvalue weighted by Gasteiger charge is -2.23. The molecule has 2 rings (SSSR count). The molecule has 8 N–H and O–H groups in total. The Balaban J connectivity index is 2.03. The van der Waals surface area contributed by atoms with Gasteiger partial charge in [-0.2, -0.15) is 0 Å². The van der Waals surface area contributed by atoms with Crippen molar-refractivity contribution in [1.29, 1.82) is 0 Å². The number of primary amides is 1. The van der Waals surface area contributed by atoms with E-state index in [2.05, 4.69) is 20.9 Å². The number of ether oxygens (including phenoxy) is 1. The summed E-state index contributed by atoms with van der Waals surface area (Å²) in [6.45, 7) is 4.54. The molecule has 1 unspecified atom stereocenters. The third-order valence-electron chi connectivity index (χ3n) is 4.83. The third kappa shape index (κ3) is 9.08. The minimum Gasteiger partial charge on any atom is -0.444 e. The molecule has 1 aromatic carbocycles. The highest BCUT2D eigenvalue weighted by Crippen LogP contribution is 2.19. The summed E-state index contributed by atoms with van der Waals surface area (Å²) in [5.74, 6) is -2.87. The van der Waals surface area contributed by atoms with Gasteiger partial charge in [0, 0.05) is 29.9 Å². The molecule has 2 aromatic rings. The Bertz CT molecular complexity index is 1090. The number of hydrogen-bond donors (Lipinski definition) is 6. The zero-order valence-corrected chi connectivity index (χ0v) is 20.0. The number of imide groups is 1. The molecule has 0 spiro atoms. The molecule has 0 aliphatic heterocycles. The second kappa shape index (κ2) is 12.0. The Morgan fingerprint density at radius 3 is 2.43 bits per heavy atom. The molecule has 2 atom stereocenters. The largest absolute Gasteiger partial charge is 0.444 e. The monoisotopic (exact) mass is 488 g/mol. The summed E-state index contributed by atoms with van der Waals surface area (Å²) in [7, 11) is 0. The second-order valence-electron chi connectivity index (χ2n) is 9.00. The molecule has 12 nitrogen and oxygen atoms in total. The van der Waals surface area contributed by atoms with E-state index in [4.69, 9.17) is 16.2 Å². The first-order valence-corrected chi connectivity index (χ1v) is 11.1. The first-order chi connectivity index (χ1) is 16.4. The van der Waals surface area contributed by atoms with Crippen LogP contribution in [0.2, 0.25) is 0 Å². The van der Waals surface area contributed by atoms with Crippen LogP contribution in [0.1, 0.15) is 39.2 Å². The summed E-state index contributed by atoms with van der Waals surface area (Å²) in [6.07, 6.45) is 0.935. The highest BCUT2D eigenvalue weighted by molar-refractivity contribution is 6.00. The molecule has 12 heteroatoms. The van der Waals surface area contributed by atoms with Crippen molar-refractivity contribution in [2.75, 3.05) is 6.54 Å². The standard InChI is InChI=1S/C23H32N6O6/c1-23(2,3)35-22(34)28-17(10-13-11-26-16-7-5-4-6-14(13)16)21(33)27-12-19(31)29-20(32)15(24)8-9-18(25)30/h4-7,11,15,17,26H,8-10,12,24H2,1-3H3,(H2,25,30)(H,27,33)(H,28,34)(H,29,31,32)/t15?,17-/m0/s1. The summed E-state index contributed by atoms with van der Waals surface area (Å²) in [5, 5.41) is 7.88. The van der Waals surface area contributed by atoms with Crippen LogP contribution in [0.3, 0.4) is 0 Å². The van der Waals surface area contributed by atoms with Crippen LogP contribution in [-0.4, -0.2) is 58.9 Å². The molecule has 0 saturated carbocycles. The molecular weight excluding hydrogens is 456 g/mol. The van der Waals surface area contributed by atoms with Crippen molar-refractivity contribution in [3.8, 4) is 0 Å². The lowest BCUT2D eigenvalue weighted by atomic mass is 10.0. The van der Waals surface area contributed by atoms with Gasteiger partial charge in [-0.05, 0) is 38.8 Å². The first kappa shape index (κ1) is 27.3. The molecule has 0 saturated heterocycles. The van der Waals surface area contributed by atoms with Gasteiger partial charge < -0.3 is 31.8 Å². The SMILES string of the molecule is CC(C)(C)OC(=O)N[C@@H](Cc1c[nH]c2ccccc12)C(=O)NCC(=O)NC(=O)C(N)CCC(N)=O. The van der Waals surface area contributed by atoms with E-state index >= 15 is 0 Å². The number of alkyl carbamates (subject to hydrolysis) is 1. The Labute approximate surface area is 202 Å². The van der Waals surface area contributed by atoms with Crippen LogP contribution in [0.25, 0.3) is 10.9 Å². The van der Waals surface area contributed by atoms with Gasteiger partial charge in [0.1, 0.15) is 11.6 Å². The Morgan fingerprint density at radius 1 is 1.09 bits per heavy atom. The molecule has 0 aliphatic rings. The second-order valence-corrected chi connectivity index (χ2v) is 9.00. The number of carbonyl (C=O) groups is 5. The predicted molar refractivity (Wildman–Crippen MR) is 128 cm³/mol. The van der Waals surface area contributed by atoms with Gasteiger partial charge in [-0.15, -0.1) is 0 Å². The maximum atomic E-state index is 12.9. The van der Waals surface area contributed by atoms with Crippen molar-refractivity contribution >= 4 is 40.6 Å². The van der Waals surface area contributed by atoms with Crippen molar-refractivity contribution in [2.45, 2.75) is 57.7 Å². The van der Waals surface area contributed by atoms with Gasteiger partial charge in [-0.1, -0.05) is 18.2 Å². The van der Waals surface area contributed by atoms with E-state index < -0.39 is 54.0 Å². The quantitative estimate of drug-likeness (QED) is 0.269. The van der Waals surface area contributed by atoms with Crippen molar-refractivity contribution < 1.29 is 28.7 Å². The number of hydrogen-bond acceptors (Lipinski definition) is 7. The van der Waals surface area contributed by atoms with E-state index in [9.17, 15) is 24.0 Å². The van der Waals surface area contributed by atoms with Crippen molar-refractivity contribution in [1.82, 2.24) is 20.9 Å². The van der Waals surface area contributed by atoms with E-state index in [1.807, 2.05) is 24.3 Å².